The molecule has 2 aromatic rings. The molecule has 2 rings (SSSR count). The highest BCUT2D eigenvalue weighted by molar-refractivity contribution is 5.48. The lowest BCUT2D eigenvalue weighted by Crippen LogP contribution is -1.99. The molecule has 0 unspecified atom stereocenters. The number of nitrogens with zero attached hydrogens (tertiary/aromatic N) is 3. The molecule has 0 spiro atoms. The maximum Gasteiger partial charge on any atom is 0.317 e. The van der Waals surface area contributed by atoms with Gasteiger partial charge in [-0.3, -0.25) is 0 Å². The first-order chi connectivity index (χ1) is 8.88. The second-order valence-electron chi connectivity index (χ2n) is 3.46. The van der Waals surface area contributed by atoms with E-state index in [1.807, 2.05) is 48.6 Å². The number of nitriles is 1. The van der Waals surface area contributed by atoms with Gasteiger partial charge in [0.1, 0.15) is 18.4 Å². The van der Waals surface area contributed by atoms with Crippen LogP contribution < -0.4 is 4.74 Å². The van der Waals surface area contributed by atoms with Crippen LogP contribution in [0.3, 0.4) is 0 Å². The van der Waals surface area contributed by atoms with Crippen LogP contribution in [0.2, 0.25) is 0 Å². The molecule has 0 amide bonds. The quantitative estimate of drug-likeness (QED) is 0.819. The summed E-state index contributed by atoms with van der Waals surface area (Å²) in [6.07, 6.45) is 5.33. The van der Waals surface area contributed by atoms with Gasteiger partial charge < -0.3 is 4.74 Å². The van der Waals surface area contributed by atoms with Gasteiger partial charge in [-0.25, -0.2) is 4.98 Å². The van der Waals surface area contributed by atoms with Crippen LogP contribution in [0.1, 0.15) is 11.3 Å². The van der Waals surface area contributed by atoms with E-state index in [-0.39, 0.29) is 6.01 Å². The van der Waals surface area contributed by atoms with Crippen molar-refractivity contribution in [1.82, 2.24) is 9.97 Å². The zero-order valence-electron chi connectivity index (χ0n) is 9.65. The van der Waals surface area contributed by atoms with Gasteiger partial charge in [-0.05, 0) is 17.7 Å². The van der Waals surface area contributed by atoms with Crippen LogP contribution in [-0.2, 0) is 0 Å². The molecule has 0 aliphatic carbocycles. The van der Waals surface area contributed by atoms with Crippen LogP contribution in [-0.4, -0.2) is 16.6 Å². The number of aromatic nitrogens is 2. The molecule has 88 valence electrons. The molecular weight excluding hydrogens is 226 g/mol. The topological polar surface area (TPSA) is 58.8 Å². The lowest BCUT2D eigenvalue weighted by Gasteiger charge is -1.99. The van der Waals surface area contributed by atoms with Gasteiger partial charge in [-0.1, -0.05) is 36.4 Å². The second kappa shape index (κ2) is 6.16. The third kappa shape index (κ3) is 3.42. The summed E-state index contributed by atoms with van der Waals surface area (Å²) < 4.78 is 5.31. The molecule has 4 nitrogen and oxygen atoms in total. The maximum atomic E-state index is 8.67. The van der Waals surface area contributed by atoms with Gasteiger partial charge in [0.05, 0.1) is 0 Å². The Morgan fingerprint density at radius 1 is 1.22 bits per heavy atom. The van der Waals surface area contributed by atoms with Gasteiger partial charge in [0, 0.05) is 6.20 Å². The largest absolute Gasteiger partial charge is 0.459 e. The summed E-state index contributed by atoms with van der Waals surface area (Å²) >= 11 is 0. The normalized spacial score (nSPS) is 10.2. The van der Waals surface area contributed by atoms with E-state index in [1.54, 1.807) is 0 Å². The molecule has 0 saturated carbocycles. The standard InChI is InChI=1S/C14H11N3O/c15-11-13-8-9-16-14(17-13)18-10-4-7-12-5-2-1-3-6-12/h1-9H,10H2/b7-4+. The molecule has 1 heterocycles. The van der Waals surface area contributed by atoms with Crippen LogP contribution >= 0.6 is 0 Å². The fourth-order valence-electron chi connectivity index (χ4n) is 1.34. The van der Waals surface area contributed by atoms with E-state index in [1.165, 1.54) is 12.3 Å². The Labute approximate surface area is 105 Å². The molecule has 1 aromatic heterocycles. The summed E-state index contributed by atoms with van der Waals surface area (Å²) in [4.78, 5) is 7.82. The zero-order chi connectivity index (χ0) is 12.6. The molecule has 0 saturated heterocycles. The minimum atomic E-state index is 0.215. The van der Waals surface area contributed by atoms with Crippen LogP contribution in [0.4, 0.5) is 0 Å². The SMILES string of the molecule is N#Cc1ccnc(OC/C=C/c2ccccc2)n1. The van der Waals surface area contributed by atoms with E-state index in [0.29, 0.717) is 12.3 Å². The smallest absolute Gasteiger partial charge is 0.317 e. The Bertz CT molecular complexity index is 573. The first kappa shape index (κ1) is 11.8. The van der Waals surface area contributed by atoms with Crippen LogP contribution in [0.5, 0.6) is 6.01 Å². The molecule has 1 aromatic carbocycles. The fourth-order valence-corrected chi connectivity index (χ4v) is 1.34. The van der Waals surface area contributed by atoms with Crippen molar-refractivity contribution >= 4 is 6.08 Å². The van der Waals surface area contributed by atoms with Gasteiger partial charge >= 0.3 is 6.01 Å². The molecular formula is C14H11N3O. The average Bonchev–Trinajstić information content (AvgIpc) is 2.45. The summed E-state index contributed by atoms with van der Waals surface area (Å²) in [5, 5.41) is 8.67. The Kier molecular flexibility index (Phi) is 4.04. The fraction of sp³-hybridized carbons (Fsp3) is 0.0714. The van der Waals surface area contributed by atoms with E-state index < -0.39 is 0 Å². The van der Waals surface area contributed by atoms with Gasteiger partial charge in [-0.15, -0.1) is 0 Å². The van der Waals surface area contributed by atoms with Crippen molar-refractivity contribution in [3.63, 3.8) is 0 Å². The van der Waals surface area contributed by atoms with Crippen LogP contribution in [0.25, 0.3) is 6.08 Å². The Morgan fingerprint density at radius 2 is 2.06 bits per heavy atom. The summed E-state index contributed by atoms with van der Waals surface area (Å²) in [6, 6.07) is 13.6. The monoisotopic (exact) mass is 237 g/mol. The number of rotatable bonds is 4. The number of benzene rings is 1. The van der Waals surface area contributed by atoms with Crippen LogP contribution in [0, 0.1) is 11.3 Å². The lowest BCUT2D eigenvalue weighted by molar-refractivity contribution is 0.333. The van der Waals surface area contributed by atoms with Gasteiger partial charge in [-0.2, -0.15) is 10.2 Å². The van der Waals surface area contributed by atoms with E-state index in [2.05, 4.69) is 9.97 Å². The molecule has 0 aliphatic rings. The molecule has 0 atom stereocenters. The van der Waals surface area contributed by atoms with Crippen molar-refractivity contribution < 1.29 is 4.74 Å². The third-order valence-electron chi connectivity index (χ3n) is 2.17. The Morgan fingerprint density at radius 3 is 2.83 bits per heavy atom. The summed E-state index contributed by atoms with van der Waals surface area (Å²) in [6.45, 7) is 0.365. The minimum absolute atomic E-state index is 0.215. The Balaban J connectivity index is 1.89. The highest BCUT2D eigenvalue weighted by atomic mass is 16.5. The highest BCUT2D eigenvalue weighted by Gasteiger charge is 1.97. The van der Waals surface area contributed by atoms with Gasteiger partial charge in [0.15, 0.2) is 0 Å². The first-order valence-electron chi connectivity index (χ1n) is 5.46. The molecule has 4 heteroatoms. The van der Waals surface area contributed by atoms with Gasteiger partial charge in [0.2, 0.25) is 0 Å². The van der Waals surface area contributed by atoms with Crippen LogP contribution in [0.15, 0.2) is 48.7 Å². The zero-order valence-corrected chi connectivity index (χ0v) is 9.65. The van der Waals surface area contributed by atoms with Gasteiger partial charge in [0.25, 0.3) is 0 Å². The lowest BCUT2D eigenvalue weighted by atomic mass is 10.2. The number of ether oxygens (including phenoxy) is 1. The highest BCUT2D eigenvalue weighted by Crippen LogP contribution is 2.03. The van der Waals surface area contributed by atoms with Crippen molar-refractivity contribution in [2.24, 2.45) is 0 Å². The molecule has 0 bridgehead atoms. The summed E-state index contributed by atoms with van der Waals surface area (Å²) in [7, 11) is 0. The van der Waals surface area contributed by atoms with E-state index in [9.17, 15) is 0 Å². The third-order valence-corrected chi connectivity index (χ3v) is 2.17. The number of hydrogen-bond acceptors (Lipinski definition) is 4. The summed E-state index contributed by atoms with van der Waals surface area (Å²) in [5.41, 5.74) is 1.40. The maximum absolute atomic E-state index is 8.67. The van der Waals surface area contributed by atoms with E-state index in [0.717, 1.165) is 5.56 Å². The molecule has 0 fully saturated rings. The van der Waals surface area contributed by atoms with Crippen molar-refractivity contribution in [2.75, 3.05) is 6.61 Å². The summed E-state index contributed by atoms with van der Waals surface area (Å²) in [5.74, 6) is 0. The average molecular weight is 237 g/mol. The van der Waals surface area contributed by atoms with Crippen molar-refractivity contribution in [3.8, 4) is 12.1 Å². The van der Waals surface area contributed by atoms with Crippen molar-refractivity contribution in [2.45, 2.75) is 0 Å². The van der Waals surface area contributed by atoms with E-state index in [4.69, 9.17) is 10.00 Å². The molecule has 0 aliphatic heterocycles. The van der Waals surface area contributed by atoms with Crippen molar-refractivity contribution in [3.05, 3.63) is 59.9 Å². The molecule has 18 heavy (non-hydrogen) atoms. The minimum Gasteiger partial charge on any atom is -0.459 e. The van der Waals surface area contributed by atoms with E-state index >= 15 is 0 Å². The Hall–Kier alpha value is -2.67. The predicted molar refractivity (Wildman–Crippen MR) is 67.7 cm³/mol. The second-order valence-corrected chi connectivity index (χ2v) is 3.46. The van der Waals surface area contributed by atoms with Crippen molar-refractivity contribution in [1.29, 1.82) is 5.26 Å². The predicted octanol–water partition coefficient (Wildman–Crippen LogP) is 2.44. The molecule has 0 radical (unpaired) electrons. The first-order valence-corrected chi connectivity index (χ1v) is 5.46. The number of hydrogen-bond donors (Lipinski definition) is 0. The molecule has 0 N–H and O–H groups in total.